The largest absolute Gasteiger partial charge is 0.365 e. The van der Waals surface area contributed by atoms with Gasteiger partial charge < -0.3 is 5.73 Å². The van der Waals surface area contributed by atoms with E-state index in [1.54, 1.807) is 23.1 Å². The molecule has 4 rings (SSSR count). The summed E-state index contributed by atoms with van der Waals surface area (Å²) in [6, 6.07) is 3.83. The summed E-state index contributed by atoms with van der Waals surface area (Å²) in [5.74, 6) is 0.162. The van der Waals surface area contributed by atoms with Crippen molar-refractivity contribution in [1.29, 1.82) is 0 Å². The van der Waals surface area contributed by atoms with E-state index < -0.39 is 5.91 Å². The third kappa shape index (κ3) is 2.63. The Kier molecular flexibility index (Phi) is 3.93. The van der Waals surface area contributed by atoms with Gasteiger partial charge in [-0.3, -0.25) is 9.36 Å². The third-order valence-electron chi connectivity index (χ3n) is 3.98. The van der Waals surface area contributed by atoms with E-state index in [0.29, 0.717) is 33.1 Å². The molecule has 4 heterocycles. The van der Waals surface area contributed by atoms with Crippen molar-refractivity contribution in [2.24, 2.45) is 5.73 Å². The number of aromatic nitrogens is 5. The Bertz CT molecular complexity index is 1170. The van der Waals surface area contributed by atoms with Crippen molar-refractivity contribution >= 4 is 39.9 Å². The van der Waals surface area contributed by atoms with E-state index in [-0.39, 0.29) is 5.56 Å². The van der Waals surface area contributed by atoms with Gasteiger partial charge in [0.15, 0.2) is 16.6 Å². The van der Waals surface area contributed by atoms with Crippen molar-refractivity contribution in [3.63, 3.8) is 0 Å². The second-order valence-electron chi connectivity index (χ2n) is 5.73. The molecular weight excluding hydrogens is 372 g/mol. The lowest BCUT2D eigenvalue weighted by atomic mass is 10.2. The van der Waals surface area contributed by atoms with Gasteiger partial charge in [0.1, 0.15) is 16.4 Å². The molecule has 0 bridgehead atoms. The number of nitrogens with zero attached hydrogens (tertiary/aromatic N) is 5. The van der Waals surface area contributed by atoms with Crippen LogP contribution in [0.3, 0.4) is 0 Å². The Hall–Kier alpha value is -2.84. The van der Waals surface area contributed by atoms with Crippen molar-refractivity contribution in [2.75, 3.05) is 0 Å². The Morgan fingerprint density at radius 3 is 2.77 bits per heavy atom. The van der Waals surface area contributed by atoms with E-state index in [1.807, 2.05) is 25.3 Å². The number of primary amides is 1. The molecule has 0 aliphatic carbocycles. The molecule has 0 aromatic carbocycles. The molecule has 0 aliphatic heterocycles. The van der Waals surface area contributed by atoms with Crippen molar-refractivity contribution < 1.29 is 4.79 Å². The zero-order valence-electron chi connectivity index (χ0n) is 13.9. The van der Waals surface area contributed by atoms with Crippen LogP contribution in [0.4, 0.5) is 0 Å². The van der Waals surface area contributed by atoms with Crippen molar-refractivity contribution in [3.8, 4) is 16.6 Å². The number of rotatable bonds is 3. The number of aryl methyl sites for hydroxylation is 2. The fourth-order valence-electron chi connectivity index (χ4n) is 2.86. The Balaban J connectivity index is 2.05. The van der Waals surface area contributed by atoms with Crippen molar-refractivity contribution in [2.45, 2.75) is 13.8 Å². The van der Waals surface area contributed by atoms with Crippen molar-refractivity contribution in [1.82, 2.24) is 24.5 Å². The minimum absolute atomic E-state index is 0.249. The SMILES string of the molecule is Cc1nc(-c2nc(Cl)cs2)nc(-n2cc(C)c3cccnc32)c1C(N)=O. The summed E-state index contributed by atoms with van der Waals surface area (Å²) in [4.78, 5) is 29.7. The van der Waals surface area contributed by atoms with Gasteiger partial charge in [-0.15, -0.1) is 11.3 Å². The average Bonchev–Trinajstić information content (AvgIpc) is 3.18. The molecule has 9 heteroatoms. The predicted molar refractivity (Wildman–Crippen MR) is 101 cm³/mol. The molecule has 1 amide bonds. The van der Waals surface area contributed by atoms with Crippen LogP contribution in [0.15, 0.2) is 29.9 Å². The number of hydrogen-bond acceptors (Lipinski definition) is 6. The standard InChI is InChI=1S/C17H13ClN6OS/c1-8-6-24(15-10(8)4-3-5-20-15)16-12(13(19)25)9(2)21-14(23-16)17-22-11(18)7-26-17/h3-7H,1-2H3,(H2,19,25). The number of hydrogen-bond donors (Lipinski definition) is 1. The Labute approximate surface area is 157 Å². The minimum atomic E-state index is -0.600. The first-order valence-electron chi connectivity index (χ1n) is 7.68. The summed E-state index contributed by atoms with van der Waals surface area (Å²) in [5, 5.41) is 3.61. The molecule has 0 saturated heterocycles. The lowest BCUT2D eigenvalue weighted by Crippen LogP contribution is -2.19. The molecule has 4 aromatic heterocycles. The molecule has 4 aromatic rings. The van der Waals surface area contributed by atoms with Gasteiger partial charge in [0.05, 0.1) is 5.69 Å². The highest BCUT2D eigenvalue weighted by molar-refractivity contribution is 7.13. The van der Waals surface area contributed by atoms with E-state index >= 15 is 0 Å². The fraction of sp³-hybridized carbons (Fsp3) is 0.118. The van der Waals surface area contributed by atoms with Crippen LogP contribution >= 0.6 is 22.9 Å². The summed E-state index contributed by atoms with van der Waals surface area (Å²) in [6.45, 7) is 3.69. The van der Waals surface area contributed by atoms with E-state index in [1.165, 1.54) is 11.3 Å². The summed E-state index contributed by atoms with van der Waals surface area (Å²) in [6.07, 6.45) is 3.57. The summed E-state index contributed by atoms with van der Waals surface area (Å²) >= 11 is 7.25. The first-order chi connectivity index (χ1) is 12.5. The predicted octanol–water partition coefficient (Wildman–Crippen LogP) is 3.31. The number of thiazole rings is 1. The molecule has 0 unspecified atom stereocenters. The van der Waals surface area contributed by atoms with E-state index in [2.05, 4.69) is 19.9 Å². The first kappa shape index (κ1) is 16.6. The second-order valence-corrected chi connectivity index (χ2v) is 6.97. The van der Waals surface area contributed by atoms with Crippen LogP contribution in [0.5, 0.6) is 0 Å². The summed E-state index contributed by atoms with van der Waals surface area (Å²) in [7, 11) is 0. The fourth-order valence-corrected chi connectivity index (χ4v) is 3.73. The van der Waals surface area contributed by atoms with Crippen LogP contribution in [0.1, 0.15) is 21.6 Å². The normalized spacial score (nSPS) is 11.2. The van der Waals surface area contributed by atoms with Gasteiger partial charge in [0.25, 0.3) is 5.91 Å². The molecule has 0 spiro atoms. The number of carbonyl (C=O) groups excluding carboxylic acids is 1. The van der Waals surface area contributed by atoms with Gasteiger partial charge in [-0.25, -0.2) is 19.9 Å². The average molecular weight is 385 g/mol. The van der Waals surface area contributed by atoms with Crippen LogP contribution in [-0.2, 0) is 0 Å². The van der Waals surface area contributed by atoms with E-state index in [4.69, 9.17) is 17.3 Å². The zero-order chi connectivity index (χ0) is 18.4. The Morgan fingerprint density at radius 2 is 2.08 bits per heavy atom. The van der Waals surface area contributed by atoms with Gasteiger partial charge in [-0.1, -0.05) is 11.6 Å². The number of fused-ring (bicyclic) bond motifs is 1. The smallest absolute Gasteiger partial charge is 0.254 e. The highest BCUT2D eigenvalue weighted by atomic mass is 35.5. The van der Waals surface area contributed by atoms with Crippen molar-refractivity contribution in [3.05, 3.63) is 51.9 Å². The van der Waals surface area contributed by atoms with E-state index in [0.717, 1.165) is 10.9 Å². The van der Waals surface area contributed by atoms with Gasteiger partial charge in [0.2, 0.25) is 0 Å². The molecule has 7 nitrogen and oxygen atoms in total. The van der Waals surface area contributed by atoms with Crippen LogP contribution in [-0.4, -0.2) is 30.4 Å². The Morgan fingerprint density at radius 1 is 1.27 bits per heavy atom. The number of nitrogens with two attached hydrogens (primary N) is 1. The maximum atomic E-state index is 12.1. The van der Waals surface area contributed by atoms with Crippen LogP contribution < -0.4 is 5.73 Å². The molecular formula is C17H13ClN6OS. The van der Waals surface area contributed by atoms with Crippen LogP contribution in [0.25, 0.3) is 27.7 Å². The minimum Gasteiger partial charge on any atom is -0.365 e. The molecule has 0 saturated carbocycles. The monoisotopic (exact) mass is 384 g/mol. The molecule has 0 atom stereocenters. The number of carbonyl (C=O) groups is 1. The summed E-state index contributed by atoms with van der Waals surface area (Å²) < 4.78 is 1.76. The van der Waals surface area contributed by atoms with Gasteiger partial charge >= 0.3 is 0 Å². The van der Waals surface area contributed by atoms with Gasteiger partial charge in [0, 0.05) is 23.2 Å². The highest BCUT2D eigenvalue weighted by Gasteiger charge is 2.22. The molecule has 2 N–H and O–H groups in total. The molecule has 130 valence electrons. The maximum Gasteiger partial charge on any atom is 0.254 e. The van der Waals surface area contributed by atoms with Gasteiger partial charge in [-0.05, 0) is 31.5 Å². The lowest BCUT2D eigenvalue weighted by Gasteiger charge is -2.11. The molecule has 0 fully saturated rings. The zero-order valence-corrected chi connectivity index (χ0v) is 15.5. The van der Waals surface area contributed by atoms with Gasteiger partial charge in [-0.2, -0.15) is 0 Å². The number of amides is 1. The molecule has 0 radical (unpaired) electrons. The lowest BCUT2D eigenvalue weighted by molar-refractivity contribution is 0.0999. The topological polar surface area (TPSA) is 99.6 Å². The molecule has 26 heavy (non-hydrogen) atoms. The maximum absolute atomic E-state index is 12.1. The van der Waals surface area contributed by atoms with Crippen LogP contribution in [0.2, 0.25) is 5.15 Å². The quantitative estimate of drug-likeness (QED) is 0.584. The van der Waals surface area contributed by atoms with E-state index in [9.17, 15) is 4.79 Å². The number of halogens is 1. The number of pyridine rings is 1. The first-order valence-corrected chi connectivity index (χ1v) is 8.94. The summed E-state index contributed by atoms with van der Waals surface area (Å²) in [5.41, 5.74) is 8.03. The third-order valence-corrected chi connectivity index (χ3v) is 5.14. The second kappa shape index (κ2) is 6.15. The molecule has 0 aliphatic rings. The van der Waals surface area contributed by atoms with Crippen LogP contribution in [0, 0.1) is 13.8 Å². The highest BCUT2D eigenvalue weighted by Crippen LogP contribution is 2.28.